The Morgan fingerprint density at radius 1 is 1.60 bits per heavy atom. The third kappa shape index (κ3) is 3.26. The van der Waals surface area contributed by atoms with Crippen LogP contribution in [-0.4, -0.2) is 17.6 Å². The van der Waals surface area contributed by atoms with Crippen LogP contribution in [0.5, 0.6) is 0 Å². The highest BCUT2D eigenvalue weighted by atomic mass is 32.1. The number of nitrogens with two attached hydrogens (primary N) is 1. The second-order valence-electron chi connectivity index (χ2n) is 4.43. The van der Waals surface area contributed by atoms with E-state index in [1.54, 1.807) is 11.3 Å². The summed E-state index contributed by atoms with van der Waals surface area (Å²) in [4.78, 5) is 5.61. The van der Waals surface area contributed by atoms with Crippen LogP contribution in [0.1, 0.15) is 29.1 Å². The SMILES string of the molecule is Cc1cnc(CNCC2CCC(N)C2)s1. The Morgan fingerprint density at radius 3 is 3.07 bits per heavy atom. The van der Waals surface area contributed by atoms with E-state index in [1.165, 1.54) is 29.1 Å². The molecule has 1 aromatic rings. The second-order valence-corrected chi connectivity index (χ2v) is 5.75. The molecular formula is C11H19N3S. The van der Waals surface area contributed by atoms with E-state index in [4.69, 9.17) is 5.73 Å². The van der Waals surface area contributed by atoms with Gasteiger partial charge < -0.3 is 11.1 Å². The van der Waals surface area contributed by atoms with E-state index in [2.05, 4.69) is 17.2 Å². The summed E-state index contributed by atoms with van der Waals surface area (Å²) in [5, 5.41) is 4.66. The quantitative estimate of drug-likeness (QED) is 0.819. The highest BCUT2D eigenvalue weighted by molar-refractivity contribution is 7.11. The molecule has 2 rings (SSSR count). The molecule has 0 amide bonds. The molecule has 1 aliphatic carbocycles. The van der Waals surface area contributed by atoms with Gasteiger partial charge >= 0.3 is 0 Å². The van der Waals surface area contributed by atoms with E-state index in [0.29, 0.717) is 6.04 Å². The Bertz CT molecular complexity index is 311. The van der Waals surface area contributed by atoms with Crippen molar-refractivity contribution >= 4 is 11.3 Å². The maximum atomic E-state index is 5.87. The molecule has 84 valence electrons. The fourth-order valence-corrected chi connectivity index (χ4v) is 2.92. The molecule has 1 aliphatic rings. The predicted octanol–water partition coefficient (Wildman–Crippen LogP) is 1.67. The molecule has 2 atom stereocenters. The van der Waals surface area contributed by atoms with Gasteiger partial charge in [-0.1, -0.05) is 0 Å². The zero-order chi connectivity index (χ0) is 10.7. The van der Waals surface area contributed by atoms with Crippen molar-refractivity contribution < 1.29 is 0 Å². The summed E-state index contributed by atoms with van der Waals surface area (Å²) in [7, 11) is 0. The van der Waals surface area contributed by atoms with Gasteiger partial charge in [0.05, 0.1) is 0 Å². The Morgan fingerprint density at radius 2 is 2.47 bits per heavy atom. The first-order valence-electron chi connectivity index (χ1n) is 5.61. The molecule has 1 saturated carbocycles. The summed E-state index contributed by atoms with van der Waals surface area (Å²) in [6.07, 6.45) is 5.60. The fraction of sp³-hybridized carbons (Fsp3) is 0.727. The van der Waals surface area contributed by atoms with Gasteiger partial charge in [-0.15, -0.1) is 11.3 Å². The first-order chi connectivity index (χ1) is 7.24. The summed E-state index contributed by atoms with van der Waals surface area (Å²) in [5.74, 6) is 0.779. The van der Waals surface area contributed by atoms with Gasteiger partial charge in [-0.25, -0.2) is 4.98 Å². The Labute approximate surface area is 95.1 Å². The lowest BCUT2D eigenvalue weighted by Crippen LogP contribution is -2.22. The number of hydrogen-bond acceptors (Lipinski definition) is 4. The van der Waals surface area contributed by atoms with E-state index < -0.39 is 0 Å². The minimum atomic E-state index is 0.443. The monoisotopic (exact) mass is 225 g/mol. The number of rotatable bonds is 4. The van der Waals surface area contributed by atoms with Crippen molar-refractivity contribution in [1.29, 1.82) is 0 Å². The zero-order valence-corrected chi connectivity index (χ0v) is 10.0. The zero-order valence-electron chi connectivity index (χ0n) is 9.20. The molecule has 0 bridgehead atoms. The smallest absolute Gasteiger partial charge is 0.107 e. The van der Waals surface area contributed by atoms with Crippen LogP contribution < -0.4 is 11.1 Å². The number of aryl methyl sites for hydroxylation is 1. The van der Waals surface area contributed by atoms with Gasteiger partial charge in [-0.3, -0.25) is 0 Å². The number of thiazole rings is 1. The van der Waals surface area contributed by atoms with E-state index in [9.17, 15) is 0 Å². The van der Waals surface area contributed by atoms with Crippen molar-refractivity contribution in [3.8, 4) is 0 Å². The summed E-state index contributed by atoms with van der Waals surface area (Å²) in [5.41, 5.74) is 5.87. The van der Waals surface area contributed by atoms with Crippen LogP contribution in [0, 0.1) is 12.8 Å². The molecule has 3 nitrogen and oxygen atoms in total. The van der Waals surface area contributed by atoms with Crippen LogP contribution >= 0.6 is 11.3 Å². The first kappa shape index (κ1) is 11.0. The average molecular weight is 225 g/mol. The number of nitrogens with one attached hydrogen (secondary N) is 1. The minimum Gasteiger partial charge on any atom is -0.328 e. The van der Waals surface area contributed by atoms with E-state index in [1.807, 2.05) is 6.20 Å². The van der Waals surface area contributed by atoms with Crippen molar-refractivity contribution in [2.45, 2.75) is 38.8 Å². The molecule has 0 spiro atoms. The normalized spacial score (nSPS) is 26.0. The Balaban J connectivity index is 1.67. The van der Waals surface area contributed by atoms with Gasteiger partial charge in [-0.05, 0) is 38.6 Å². The lowest BCUT2D eigenvalue weighted by atomic mass is 10.1. The Hall–Kier alpha value is -0.450. The van der Waals surface area contributed by atoms with E-state index in [-0.39, 0.29) is 0 Å². The molecule has 1 fully saturated rings. The first-order valence-corrected chi connectivity index (χ1v) is 6.43. The number of aromatic nitrogens is 1. The van der Waals surface area contributed by atoms with Crippen molar-refractivity contribution in [3.05, 3.63) is 16.1 Å². The lowest BCUT2D eigenvalue weighted by Gasteiger charge is -2.09. The van der Waals surface area contributed by atoms with Crippen LogP contribution in [0.25, 0.3) is 0 Å². The van der Waals surface area contributed by atoms with Crippen LogP contribution in [0.4, 0.5) is 0 Å². The summed E-state index contributed by atoms with van der Waals surface area (Å²) < 4.78 is 0. The van der Waals surface area contributed by atoms with Crippen molar-refractivity contribution in [3.63, 3.8) is 0 Å². The standard InChI is InChI=1S/C11H19N3S/c1-8-5-14-11(15-8)7-13-6-9-2-3-10(12)4-9/h5,9-10,13H,2-4,6-7,12H2,1H3. The van der Waals surface area contributed by atoms with Gasteiger partial charge in [0.25, 0.3) is 0 Å². The van der Waals surface area contributed by atoms with Crippen molar-refractivity contribution in [2.75, 3.05) is 6.54 Å². The highest BCUT2D eigenvalue weighted by Gasteiger charge is 2.20. The van der Waals surface area contributed by atoms with Gasteiger partial charge in [0.15, 0.2) is 0 Å². The molecule has 3 N–H and O–H groups in total. The third-order valence-corrected chi connectivity index (χ3v) is 3.87. The maximum absolute atomic E-state index is 5.87. The topological polar surface area (TPSA) is 50.9 Å². The van der Waals surface area contributed by atoms with Gasteiger partial charge in [0.2, 0.25) is 0 Å². The molecule has 0 aromatic carbocycles. The average Bonchev–Trinajstić information content (AvgIpc) is 2.76. The number of nitrogens with zero attached hydrogens (tertiary/aromatic N) is 1. The van der Waals surface area contributed by atoms with Crippen LogP contribution in [0.2, 0.25) is 0 Å². The predicted molar refractivity (Wildman–Crippen MR) is 63.9 cm³/mol. The molecule has 0 radical (unpaired) electrons. The van der Waals surface area contributed by atoms with Crippen molar-refractivity contribution in [2.24, 2.45) is 11.7 Å². The molecule has 4 heteroatoms. The van der Waals surface area contributed by atoms with Crippen LogP contribution in [0.15, 0.2) is 6.20 Å². The Kier molecular flexibility index (Phi) is 3.72. The molecule has 0 saturated heterocycles. The van der Waals surface area contributed by atoms with Crippen molar-refractivity contribution in [1.82, 2.24) is 10.3 Å². The molecule has 1 aromatic heterocycles. The van der Waals surface area contributed by atoms with Crippen LogP contribution in [-0.2, 0) is 6.54 Å². The second kappa shape index (κ2) is 5.05. The van der Waals surface area contributed by atoms with Gasteiger partial charge in [0, 0.05) is 23.7 Å². The van der Waals surface area contributed by atoms with Gasteiger partial charge in [-0.2, -0.15) is 0 Å². The fourth-order valence-electron chi connectivity index (χ4n) is 2.17. The molecular weight excluding hydrogens is 206 g/mol. The largest absolute Gasteiger partial charge is 0.328 e. The van der Waals surface area contributed by atoms with Gasteiger partial charge in [0.1, 0.15) is 5.01 Å². The molecule has 0 aliphatic heterocycles. The summed E-state index contributed by atoms with van der Waals surface area (Å²) in [6, 6.07) is 0.443. The minimum absolute atomic E-state index is 0.443. The number of hydrogen-bond donors (Lipinski definition) is 2. The van der Waals surface area contributed by atoms with E-state index >= 15 is 0 Å². The molecule has 2 unspecified atom stereocenters. The summed E-state index contributed by atoms with van der Waals surface area (Å²) >= 11 is 1.77. The summed E-state index contributed by atoms with van der Waals surface area (Å²) in [6.45, 7) is 4.09. The molecule has 15 heavy (non-hydrogen) atoms. The maximum Gasteiger partial charge on any atom is 0.107 e. The third-order valence-electron chi connectivity index (χ3n) is 2.96. The lowest BCUT2D eigenvalue weighted by molar-refractivity contribution is 0.482. The molecule has 1 heterocycles. The van der Waals surface area contributed by atoms with E-state index in [0.717, 1.165) is 19.0 Å². The van der Waals surface area contributed by atoms with Crippen LogP contribution in [0.3, 0.4) is 0 Å². The highest BCUT2D eigenvalue weighted by Crippen LogP contribution is 2.23.